The minimum absolute atomic E-state index is 0.0284. The summed E-state index contributed by atoms with van der Waals surface area (Å²) in [5.74, 6) is -0.972. The lowest BCUT2D eigenvalue weighted by atomic mass is 9.74. The maximum Gasteiger partial charge on any atom is 0.257 e. The number of carbonyl (C=O) groups is 2. The van der Waals surface area contributed by atoms with Crippen LogP contribution in [0.5, 0.6) is 0 Å². The summed E-state index contributed by atoms with van der Waals surface area (Å²) in [6.07, 6.45) is 5.03. The van der Waals surface area contributed by atoms with Gasteiger partial charge in [-0.1, -0.05) is 42.3 Å². The lowest BCUT2D eigenvalue weighted by Crippen LogP contribution is -2.48. The molecule has 0 bridgehead atoms. The Morgan fingerprint density at radius 3 is 2.42 bits per heavy atom. The Morgan fingerprint density at radius 1 is 1.09 bits per heavy atom. The van der Waals surface area contributed by atoms with E-state index in [1.165, 1.54) is 23.4 Å². The fourth-order valence-corrected chi connectivity index (χ4v) is 7.08. The third-order valence-electron chi connectivity index (χ3n) is 9.08. The Kier molecular flexibility index (Phi) is 8.30. The molecule has 3 aromatic rings. The van der Waals surface area contributed by atoms with Crippen LogP contribution in [-0.2, 0) is 27.4 Å². The van der Waals surface area contributed by atoms with Crippen molar-refractivity contribution >= 4 is 34.9 Å². The summed E-state index contributed by atoms with van der Waals surface area (Å²) >= 11 is 12.3. The van der Waals surface area contributed by atoms with E-state index >= 15 is 4.39 Å². The van der Waals surface area contributed by atoms with Crippen molar-refractivity contribution in [3.05, 3.63) is 92.7 Å². The number of hydrogen-bond donors (Lipinski definition) is 2. The summed E-state index contributed by atoms with van der Waals surface area (Å²) < 4.78 is 23.6. The SMILES string of the molecule is CCC(O)(c1cc(F)c2c(c1)C(=O)N(Cc1ncc(Cl)cn1)[C@@]2(O[C@H]1CCC(=O)C1)c1ccc(Cl)cc1)C1CCNCC1. The number of nitrogens with one attached hydrogen (secondary N) is 1. The van der Waals surface area contributed by atoms with Gasteiger partial charge in [-0.3, -0.25) is 14.5 Å². The van der Waals surface area contributed by atoms with Gasteiger partial charge in [0, 0.05) is 35.8 Å². The summed E-state index contributed by atoms with van der Waals surface area (Å²) in [5, 5.41) is 16.1. The first-order valence-electron chi connectivity index (χ1n) is 14.7. The van der Waals surface area contributed by atoms with Gasteiger partial charge in [-0.2, -0.15) is 0 Å². The number of amides is 1. The van der Waals surface area contributed by atoms with Crippen LogP contribution in [-0.4, -0.2) is 50.9 Å². The molecule has 1 saturated heterocycles. The lowest BCUT2D eigenvalue weighted by Gasteiger charge is -2.41. The highest BCUT2D eigenvalue weighted by atomic mass is 35.5. The number of hydrogen-bond acceptors (Lipinski definition) is 7. The van der Waals surface area contributed by atoms with Gasteiger partial charge in [-0.05, 0) is 74.5 Å². The van der Waals surface area contributed by atoms with Gasteiger partial charge in [0.2, 0.25) is 5.72 Å². The third kappa shape index (κ3) is 5.36. The standard InChI is InChI=1S/C32H33Cl2FN4O4/c1-2-31(42,19-9-11-36-12-10-19)21-13-26-29(27(35)14-21)32(20-3-5-22(33)6-4-20,43-25-8-7-24(40)15-25)39(30(26)41)18-28-37-16-23(34)17-38-28/h3-6,13-14,16-17,19,25,36,42H,2,7-12,15,18H2,1H3/t25-,31?,32+/m0/s1. The van der Waals surface area contributed by atoms with Gasteiger partial charge in [0.1, 0.15) is 17.4 Å². The molecule has 3 heterocycles. The van der Waals surface area contributed by atoms with Crippen molar-refractivity contribution < 1.29 is 23.8 Å². The lowest BCUT2D eigenvalue weighted by molar-refractivity contribution is -0.149. The van der Waals surface area contributed by atoms with Crippen LogP contribution in [0.4, 0.5) is 4.39 Å². The Labute approximate surface area is 259 Å². The molecule has 43 heavy (non-hydrogen) atoms. The van der Waals surface area contributed by atoms with E-state index in [1.54, 1.807) is 30.3 Å². The van der Waals surface area contributed by atoms with Crippen molar-refractivity contribution in [3.63, 3.8) is 0 Å². The molecule has 0 radical (unpaired) electrons. The molecule has 1 aromatic heterocycles. The van der Waals surface area contributed by atoms with E-state index in [0.29, 0.717) is 40.4 Å². The number of aromatic nitrogens is 2. The van der Waals surface area contributed by atoms with Gasteiger partial charge in [0.25, 0.3) is 5.91 Å². The Bertz CT molecular complexity index is 1530. The zero-order valence-corrected chi connectivity index (χ0v) is 25.3. The fourth-order valence-electron chi connectivity index (χ4n) is 6.85. The monoisotopic (exact) mass is 626 g/mol. The van der Waals surface area contributed by atoms with E-state index in [4.69, 9.17) is 27.9 Å². The van der Waals surface area contributed by atoms with E-state index in [9.17, 15) is 14.7 Å². The molecule has 226 valence electrons. The number of rotatable bonds is 8. The molecule has 1 saturated carbocycles. The molecule has 1 aliphatic carbocycles. The van der Waals surface area contributed by atoms with Crippen LogP contribution in [0.2, 0.25) is 10.0 Å². The van der Waals surface area contributed by atoms with Gasteiger partial charge in [0.15, 0.2) is 0 Å². The summed E-state index contributed by atoms with van der Waals surface area (Å²) in [6, 6.07) is 9.65. The molecular weight excluding hydrogens is 594 g/mol. The van der Waals surface area contributed by atoms with E-state index < -0.39 is 29.2 Å². The number of Topliss-reactive ketones (excluding diaryl/α,β-unsaturated/α-hetero) is 1. The van der Waals surface area contributed by atoms with E-state index in [2.05, 4.69) is 15.3 Å². The first kappa shape index (κ1) is 30.1. The number of ether oxygens (including phenoxy) is 1. The number of fused-ring (bicyclic) bond motifs is 1. The topological polar surface area (TPSA) is 105 Å². The smallest absolute Gasteiger partial charge is 0.257 e. The second-order valence-corrected chi connectivity index (χ2v) is 12.4. The molecular formula is C32H33Cl2FN4O4. The van der Waals surface area contributed by atoms with Crippen molar-refractivity contribution in [1.29, 1.82) is 0 Å². The summed E-state index contributed by atoms with van der Waals surface area (Å²) in [6.45, 7) is 3.25. The van der Waals surface area contributed by atoms with Crippen LogP contribution in [0.25, 0.3) is 0 Å². The molecule has 3 aliphatic rings. The molecule has 0 spiro atoms. The van der Waals surface area contributed by atoms with Gasteiger partial charge in [0.05, 0.1) is 34.4 Å². The molecule has 3 atom stereocenters. The molecule has 6 rings (SSSR count). The zero-order valence-electron chi connectivity index (χ0n) is 23.8. The average molecular weight is 628 g/mol. The van der Waals surface area contributed by atoms with Crippen LogP contribution >= 0.6 is 23.2 Å². The normalized spacial score (nSPS) is 23.9. The number of benzene rings is 2. The third-order valence-corrected chi connectivity index (χ3v) is 9.53. The highest BCUT2D eigenvalue weighted by Gasteiger charge is 2.56. The van der Waals surface area contributed by atoms with Gasteiger partial charge in [-0.25, -0.2) is 14.4 Å². The minimum atomic E-state index is -1.75. The van der Waals surface area contributed by atoms with E-state index in [1.807, 2.05) is 6.92 Å². The quantitative estimate of drug-likeness (QED) is 0.339. The molecule has 2 aromatic carbocycles. The highest BCUT2D eigenvalue weighted by Crippen LogP contribution is 2.51. The van der Waals surface area contributed by atoms with Crippen LogP contribution in [0.3, 0.4) is 0 Å². The van der Waals surface area contributed by atoms with Crippen molar-refractivity contribution in [3.8, 4) is 0 Å². The van der Waals surface area contributed by atoms with Crippen molar-refractivity contribution in [2.75, 3.05) is 13.1 Å². The van der Waals surface area contributed by atoms with E-state index in [-0.39, 0.29) is 41.6 Å². The summed E-state index contributed by atoms with van der Waals surface area (Å²) in [4.78, 5) is 36.8. The molecule has 8 nitrogen and oxygen atoms in total. The average Bonchev–Trinajstić information content (AvgIpc) is 3.53. The number of carbonyl (C=O) groups excluding carboxylic acids is 2. The fraction of sp³-hybridized carbons (Fsp3) is 0.438. The van der Waals surface area contributed by atoms with Gasteiger partial charge < -0.3 is 15.2 Å². The van der Waals surface area contributed by atoms with Crippen molar-refractivity contribution in [1.82, 2.24) is 20.2 Å². The first-order chi connectivity index (χ1) is 20.7. The highest BCUT2D eigenvalue weighted by molar-refractivity contribution is 6.30. The van der Waals surface area contributed by atoms with Crippen molar-refractivity contribution in [2.45, 2.75) is 69.4 Å². The number of ketones is 1. The maximum absolute atomic E-state index is 16.8. The van der Waals surface area contributed by atoms with Crippen LogP contribution in [0, 0.1) is 11.7 Å². The summed E-state index contributed by atoms with van der Waals surface area (Å²) in [5.41, 5.74) is -2.14. The van der Waals surface area contributed by atoms with Gasteiger partial charge in [-0.15, -0.1) is 0 Å². The molecule has 2 fully saturated rings. The second kappa shape index (κ2) is 11.9. The second-order valence-electron chi connectivity index (χ2n) is 11.6. The van der Waals surface area contributed by atoms with Crippen molar-refractivity contribution in [2.24, 2.45) is 5.92 Å². The minimum Gasteiger partial charge on any atom is -0.385 e. The maximum atomic E-state index is 16.8. The van der Waals surface area contributed by atoms with Crippen LogP contribution < -0.4 is 5.32 Å². The molecule has 2 N–H and O–H groups in total. The number of aliphatic hydroxyl groups is 1. The summed E-state index contributed by atoms with van der Waals surface area (Å²) in [7, 11) is 0. The van der Waals surface area contributed by atoms with Gasteiger partial charge >= 0.3 is 0 Å². The first-order valence-corrected chi connectivity index (χ1v) is 15.4. The predicted molar refractivity (Wildman–Crippen MR) is 159 cm³/mol. The molecule has 11 heteroatoms. The Hall–Kier alpha value is -2.95. The Morgan fingerprint density at radius 2 is 1.79 bits per heavy atom. The van der Waals surface area contributed by atoms with Crippen LogP contribution in [0.1, 0.15) is 78.3 Å². The number of halogens is 3. The number of nitrogens with zero attached hydrogens (tertiary/aromatic N) is 3. The predicted octanol–water partition coefficient (Wildman–Crippen LogP) is 5.52. The molecule has 1 unspecified atom stereocenters. The molecule has 1 amide bonds. The zero-order chi connectivity index (χ0) is 30.4. The largest absolute Gasteiger partial charge is 0.385 e. The molecule has 2 aliphatic heterocycles. The Balaban J connectivity index is 1.56. The number of piperidine rings is 1. The van der Waals surface area contributed by atoms with Crippen LogP contribution in [0.15, 0.2) is 48.8 Å². The van der Waals surface area contributed by atoms with E-state index in [0.717, 1.165) is 25.9 Å².